The van der Waals surface area contributed by atoms with Gasteiger partial charge in [-0.1, -0.05) is 13.8 Å². The van der Waals surface area contributed by atoms with Crippen LogP contribution in [0.2, 0.25) is 0 Å². The first-order valence-corrected chi connectivity index (χ1v) is 10.2. The van der Waals surface area contributed by atoms with Gasteiger partial charge in [0, 0.05) is 24.6 Å². The summed E-state index contributed by atoms with van der Waals surface area (Å²) in [6.07, 6.45) is -0.206. The second-order valence-electron chi connectivity index (χ2n) is 8.46. The van der Waals surface area contributed by atoms with Crippen LogP contribution in [0.5, 0.6) is 5.75 Å². The van der Waals surface area contributed by atoms with Crippen LogP contribution in [-0.2, 0) is 11.8 Å². The van der Waals surface area contributed by atoms with Crippen molar-refractivity contribution in [1.82, 2.24) is 19.9 Å². The highest BCUT2D eigenvalue weighted by atomic mass is 19.4. The van der Waals surface area contributed by atoms with Crippen molar-refractivity contribution < 1.29 is 27.4 Å². The lowest BCUT2D eigenvalue weighted by Crippen LogP contribution is -2.55. The summed E-state index contributed by atoms with van der Waals surface area (Å²) in [5.74, 6) is 0.525. The third kappa shape index (κ3) is 4.14. The summed E-state index contributed by atoms with van der Waals surface area (Å²) in [7, 11) is 0. The molecule has 3 aromatic rings. The van der Waals surface area contributed by atoms with E-state index in [0.29, 0.717) is 25.1 Å². The van der Waals surface area contributed by atoms with Gasteiger partial charge in [0.15, 0.2) is 18.4 Å². The van der Waals surface area contributed by atoms with Crippen molar-refractivity contribution in [1.29, 1.82) is 0 Å². The van der Waals surface area contributed by atoms with E-state index in [4.69, 9.17) is 9.15 Å². The number of aromatic nitrogens is 3. The lowest BCUT2D eigenvalue weighted by molar-refractivity contribution is -0.137. The monoisotopic (exact) mass is 438 g/mol. The highest BCUT2D eigenvalue weighted by Gasteiger charge is 2.43. The topological polar surface area (TPSA) is 87.4 Å². The van der Waals surface area contributed by atoms with Crippen molar-refractivity contribution in [2.45, 2.75) is 57.7 Å². The molecule has 168 valence electrons. The molecule has 2 N–H and O–H groups in total. The standard InChI is InChI=1S/C21H25F3N4O3/c1-12(2)19(28-5-4-20(29,8-13(28)3)17-9-25-11-30-17)31-14-6-15(21(22,23)24)18-16(7-14)26-10-27-18/h6-7,9-13,19,29H,4-5,8H2,1-3H3,(H,26,27). The number of H-pyrrole nitrogens is 1. The van der Waals surface area contributed by atoms with E-state index >= 15 is 0 Å². The molecule has 1 saturated heterocycles. The Morgan fingerprint density at radius 2 is 2.13 bits per heavy atom. The molecular weight excluding hydrogens is 413 g/mol. The van der Waals surface area contributed by atoms with Crippen LogP contribution in [0.15, 0.2) is 35.5 Å². The zero-order valence-corrected chi connectivity index (χ0v) is 17.5. The third-order valence-corrected chi connectivity index (χ3v) is 5.83. The zero-order valence-electron chi connectivity index (χ0n) is 17.5. The fourth-order valence-corrected chi connectivity index (χ4v) is 4.32. The Labute approximate surface area is 177 Å². The van der Waals surface area contributed by atoms with E-state index in [-0.39, 0.29) is 28.7 Å². The van der Waals surface area contributed by atoms with Gasteiger partial charge in [-0.2, -0.15) is 13.2 Å². The summed E-state index contributed by atoms with van der Waals surface area (Å²) in [4.78, 5) is 12.5. The quantitative estimate of drug-likeness (QED) is 0.618. The molecule has 0 aliphatic carbocycles. The molecule has 3 atom stereocenters. The van der Waals surface area contributed by atoms with Crippen molar-refractivity contribution in [3.05, 3.63) is 42.4 Å². The Balaban J connectivity index is 1.59. The molecule has 1 aliphatic heterocycles. The Bertz CT molecular complexity index is 1030. The summed E-state index contributed by atoms with van der Waals surface area (Å²) in [6.45, 7) is 6.35. The number of halogens is 3. The van der Waals surface area contributed by atoms with Crippen molar-refractivity contribution in [2.75, 3.05) is 6.54 Å². The zero-order chi connectivity index (χ0) is 22.4. The van der Waals surface area contributed by atoms with Gasteiger partial charge in [0.05, 0.1) is 23.6 Å². The SMILES string of the molecule is CC(C)C(Oc1cc(C(F)(F)F)c2nc[nH]c2c1)N1CCC(O)(c2cnco2)CC1C. The highest BCUT2D eigenvalue weighted by molar-refractivity contribution is 5.80. The number of nitrogens with zero attached hydrogens (tertiary/aromatic N) is 3. The van der Waals surface area contributed by atoms with Gasteiger partial charge in [0.2, 0.25) is 0 Å². The molecule has 1 fully saturated rings. The van der Waals surface area contributed by atoms with Crippen LogP contribution >= 0.6 is 0 Å². The number of oxazole rings is 1. The maximum absolute atomic E-state index is 13.5. The average molecular weight is 438 g/mol. The molecule has 10 heteroatoms. The van der Waals surface area contributed by atoms with Crippen LogP contribution in [0.4, 0.5) is 13.2 Å². The van der Waals surface area contributed by atoms with Gasteiger partial charge in [-0.25, -0.2) is 9.97 Å². The fourth-order valence-electron chi connectivity index (χ4n) is 4.32. The fraction of sp³-hybridized carbons (Fsp3) is 0.524. The van der Waals surface area contributed by atoms with E-state index in [1.54, 1.807) is 0 Å². The third-order valence-electron chi connectivity index (χ3n) is 5.83. The number of hydrogen-bond acceptors (Lipinski definition) is 6. The average Bonchev–Trinajstić information content (AvgIpc) is 3.37. The molecular formula is C21H25F3N4O3. The highest BCUT2D eigenvalue weighted by Crippen LogP contribution is 2.39. The number of likely N-dealkylation sites (tertiary alicyclic amines) is 1. The number of benzene rings is 1. The predicted octanol–water partition coefficient (Wildman–Crippen LogP) is 4.30. The number of piperidine rings is 1. The van der Waals surface area contributed by atoms with Gasteiger partial charge in [-0.3, -0.25) is 4.90 Å². The lowest BCUT2D eigenvalue weighted by Gasteiger charge is -2.46. The van der Waals surface area contributed by atoms with Gasteiger partial charge >= 0.3 is 6.18 Å². The summed E-state index contributed by atoms with van der Waals surface area (Å²) in [6, 6.07) is 2.43. The number of alkyl halides is 3. The molecule has 0 amide bonds. The minimum Gasteiger partial charge on any atom is -0.475 e. The first-order valence-electron chi connectivity index (χ1n) is 10.2. The van der Waals surface area contributed by atoms with Crippen LogP contribution < -0.4 is 4.74 Å². The molecule has 0 bridgehead atoms. The van der Waals surface area contributed by atoms with E-state index < -0.39 is 23.6 Å². The van der Waals surface area contributed by atoms with Crippen LogP contribution in [0.1, 0.15) is 44.9 Å². The number of fused-ring (bicyclic) bond motifs is 1. The minimum atomic E-state index is -4.55. The largest absolute Gasteiger partial charge is 0.475 e. The molecule has 7 nitrogen and oxygen atoms in total. The summed E-state index contributed by atoms with van der Waals surface area (Å²) in [5, 5.41) is 11.0. The molecule has 3 heterocycles. The minimum absolute atomic E-state index is 0.00859. The summed E-state index contributed by atoms with van der Waals surface area (Å²) in [5.41, 5.74) is -1.84. The normalized spacial score (nSPS) is 24.1. The Kier molecular flexibility index (Phi) is 5.47. The van der Waals surface area contributed by atoms with Gasteiger partial charge < -0.3 is 19.2 Å². The van der Waals surface area contributed by atoms with Crippen LogP contribution in [-0.4, -0.2) is 43.8 Å². The van der Waals surface area contributed by atoms with Gasteiger partial charge in [-0.05, 0) is 25.8 Å². The van der Waals surface area contributed by atoms with Crippen molar-refractivity contribution in [2.24, 2.45) is 5.92 Å². The van der Waals surface area contributed by atoms with E-state index in [0.717, 1.165) is 6.07 Å². The molecule has 1 aromatic carbocycles. The smallest absolute Gasteiger partial charge is 0.418 e. The molecule has 4 rings (SSSR count). The van der Waals surface area contributed by atoms with Crippen molar-refractivity contribution in [3.8, 4) is 5.75 Å². The molecule has 2 aromatic heterocycles. The molecule has 1 aliphatic rings. The van der Waals surface area contributed by atoms with E-state index in [9.17, 15) is 18.3 Å². The number of nitrogens with one attached hydrogen (secondary N) is 1. The van der Waals surface area contributed by atoms with E-state index in [1.165, 1.54) is 25.0 Å². The van der Waals surface area contributed by atoms with E-state index in [1.807, 2.05) is 20.8 Å². The number of hydrogen-bond donors (Lipinski definition) is 2. The Hall–Kier alpha value is -2.59. The first kappa shape index (κ1) is 21.6. The number of aromatic amines is 1. The van der Waals surface area contributed by atoms with Crippen LogP contribution in [0.25, 0.3) is 11.0 Å². The lowest BCUT2D eigenvalue weighted by atomic mass is 9.84. The maximum atomic E-state index is 13.5. The van der Waals surface area contributed by atoms with Crippen LogP contribution in [0.3, 0.4) is 0 Å². The van der Waals surface area contributed by atoms with Gasteiger partial charge in [0.1, 0.15) is 16.9 Å². The second kappa shape index (κ2) is 7.83. The summed E-state index contributed by atoms with van der Waals surface area (Å²) < 4.78 is 52.1. The van der Waals surface area contributed by atoms with Crippen LogP contribution in [0, 0.1) is 5.92 Å². The second-order valence-corrected chi connectivity index (χ2v) is 8.46. The number of ether oxygens (including phenoxy) is 1. The van der Waals surface area contributed by atoms with Crippen molar-refractivity contribution >= 4 is 11.0 Å². The molecule has 3 unspecified atom stereocenters. The molecule has 0 saturated carbocycles. The molecule has 0 spiro atoms. The van der Waals surface area contributed by atoms with E-state index in [2.05, 4.69) is 19.9 Å². The van der Waals surface area contributed by atoms with Gasteiger partial charge in [0.25, 0.3) is 0 Å². The van der Waals surface area contributed by atoms with Gasteiger partial charge in [-0.15, -0.1) is 0 Å². The Morgan fingerprint density at radius 3 is 2.74 bits per heavy atom. The summed E-state index contributed by atoms with van der Waals surface area (Å²) >= 11 is 0. The Morgan fingerprint density at radius 1 is 1.35 bits per heavy atom. The van der Waals surface area contributed by atoms with Crippen molar-refractivity contribution in [3.63, 3.8) is 0 Å². The number of rotatable bonds is 5. The first-order chi connectivity index (χ1) is 14.6. The predicted molar refractivity (Wildman–Crippen MR) is 106 cm³/mol. The number of aliphatic hydroxyl groups is 1. The number of imidazole rings is 1. The maximum Gasteiger partial charge on any atom is 0.418 e. The molecule has 0 radical (unpaired) electrons. The molecule has 31 heavy (non-hydrogen) atoms.